The van der Waals surface area contributed by atoms with Crippen molar-refractivity contribution in [3.63, 3.8) is 0 Å². The number of hydrogen-bond acceptors (Lipinski definition) is 2. The molecule has 0 aromatic heterocycles. The minimum absolute atomic E-state index is 0.0944. The lowest BCUT2D eigenvalue weighted by Gasteiger charge is -2.07. The fourth-order valence-electron chi connectivity index (χ4n) is 1.64. The Hall–Kier alpha value is -2.11. The Morgan fingerprint density at radius 2 is 1.73 bits per heavy atom. The lowest BCUT2D eigenvalue weighted by Crippen LogP contribution is -2.32. The Morgan fingerprint density at radius 1 is 1.05 bits per heavy atom. The van der Waals surface area contributed by atoms with Crippen molar-refractivity contribution in [1.29, 1.82) is 0 Å². The summed E-state index contributed by atoms with van der Waals surface area (Å²) in [7, 11) is 0. The van der Waals surface area contributed by atoms with E-state index in [4.69, 9.17) is 23.2 Å². The van der Waals surface area contributed by atoms with Crippen LogP contribution in [0.5, 0.6) is 0 Å². The van der Waals surface area contributed by atoms with Gasteiger partial charge in [0.25, 0.3) is 5.91 Å². The molecule has 2 aromatic rings. The number of carbonyl (C=O) groups is 2. The molecule has 0 aliphatic rings. The molecule has 0 aliphatic carbocycles. The maximum atomic E-state index is 13.0. The normalized spacial score (nSPS) is 10.1. The lowest BCUT2D eigenvalue weighted by molar-refractivity contribution is -0.115. The molecule has 0 unspecified atom stereocenters. The molecule has 0 radical (unpaired) electrons. The van der Waals surface area contributed by atoms with Crippen molar-refractivity contribution in [2.75, 3.05) is 11.9 Å². The minimum atomic E-state index is -0.573. The molecule has 0 spiro atoms. The molecule has 0 heterocycles. The number of halogens is 3. The Labute approximate surface area is 136 Å². The van der Waals surface area contributed by atoms with Crippen molar-refractivity contribution in [2.45, 2.75) is 0 Å². The van der Waals surface area contributed by atoms with Crippen LogP contribution < -0.4 is 10.6 Å². The molecule has 114 valence electrons. The van der Waals surface area contributed by atoms with E-state index in [1.54, 1.807) is 24.3 Å². The maximum absolute atomic E-state index is 13.0. The van der Waals surface area contributed by atoms with E-state index >= 15 is 0 Å². The topological polar surface area (TPSA) is 58.2 Å². The van der Waals surface area contributed by atoms with Crippen LogP contribution in [-0.4, -0.2) is 18.4 Å². The van der Waals surface area contributed by atoms with Crippen LogP contribution in [0.3, 0.4) is 0 Å². The van der Waals surface area contributed by atoms with Gasteiger partial charge in [0.2, 0.25) is 5.91 Å². The van der Waals surface area contributed by atoms with Gasteiger partial charge in [0.15, 0.2) is 0 Å². The van der Waals surface area contributed by atoms with Crippen molar-refractivity contribution < 1.29 is 14.0 Å². The van der Waals surface area contributed by atoms with Gasteiger partial charge in [0.05, 0.1) is 11.6 Å². The Kier molecular flexibility index (Phi) is 5.35. The predicted molar refractivity (Wildman–Crippen MR) is 83.8 cm³/mol. The lowest BCUT2D eigenvalue weighted by atomic mass is 10.2. The van der Waals surface area contributed by atoms with E-state index in [0.29, 0.717) is 16.3 Å². The van der Waals surface area contributed by atoms with Crippen LogP contribution >= 0.6 is 23.2 Å². The molecule has 2 rings (SSSR count). The van der Waals surface area contributed by atoms with Crippen molar-refractivity contribution in [2.24, 2.45) is 0 Å². The number of hydrogen-bond donors (Lipinski definition) is 2. The SMILES string of the molecule is O=C(CNC(=O)c1ccc(Cl)cc1)Nc1ccc(F)c(Cl)c1. The number of benzene rings is 2. The van der Waals surface area contributed by atoms with Gasteiger partial charge < -0.3 is 10.6 Å². The fourth-order valence-corrected chi connectivity index (χ4v) is 1.95. The van der Waals surface area contributed by atoms with E-state index in [1.807, 2.05) is 0 Å². The van der Waals surface area contributed by atoms with Crippen molar-refractivity contribution in [3.05, 3.63) is 63.9 Å². The van der Waals surface area contributed by atoms with Crippen LogP contribution in [-0.2, 0) is 4.79 Å². The van der Waals surface area contributed by atoms with Gasteiger partial charge in [-0.05, 0) is 42.5 Å². The van der Waals surface area contributed by atoms with E-state index in [0.717, 1.165) is 6.07 Å². The first-order valence-electron chi connectivity index (χ1n) is 6.24. The van der Waals surface area contributed by atoms with E-state index in [1.165, 1.54) is 12.1 Å². The Balaban J connectivity index is 1.88. The first kappa shape index (κ1) is 16.3. The molecule has 2 amide bonds. The second-order valence-electron chi connectivity index (χ2n) is 4.37. The van der Waals surface area contributed by atoms with Crippen molar-refractivity contribution in [1.82, 2.24) is 5.32 Å². The Morgan fingerprint density at radius 3 is 2.36 bits per heavy atom. The average molecular weight is 341 g/mol. The molecular formula is C15H11Cl2FN2O2. The maximum Gasteiger partial charge on any atom is 0.251 e. The third-order valence-corrected chi connectivity index (χ3v) is 3.26. The van der Waals surface area contributed by atoms with Gasteiger partial charge in [-0.1, -0.05) is 23.2 Å². The van der Waals surface area contributed by atoms with Crippen LogP contribution in [0.1, 0.15) is 10.4 Å². The highest BCUT2D eigenvalue weighted by molar-refractivity contribution is 6.31. The summed E-state index contributed by atoms with van der Waals surface area (Å²) in [5.74, 6) is -1.43. The number of anilines is 1. The molecule has 22 heavy (non-hydrogen) atoms. The summed E-state index contributed by atoms with van der Waals surface area (Å²) in [4.78, 5) is 23.5. The third-order valence-electron chi connectivity index (χ3n) is 2.72. The van der Waals surface area contributed by atoms with E-state index < -0.39 is 17.6 Å². The zero-order valence-electron chi connectivity index (χ0n) is 11.2. The van der Waals surface area contributed by atoms with Gasteiger partial charge in [0, 0.05) is 16.3 Å². The quantitative estimate of drug-likeness (QED) is 0.894. The molecular weight excluding hydrogens is 330 g/mol. The van der Waals surface area contributed by atoms with Crippen LogP contribution in [0.2, 0.25) is 10.0 Å². The van der Waals surface area contributed by atoms with Crippen LogP contribution in [0.15, 0.2) is 42.5 Å². The standard InChI is InChI=1S/C15H11Cl2FN2O2/c16-10-3-1-9(2-4-10)15(22)19-8-14(21)20-11-5-6-13(18)12(17)7-11/h1-7H,8H2,(H,19,22)(H,20,21). The summed E-state index contributed by atoms with van der Waals surface area (Å²) in [6, 6.07) is 10.1. The summed E-state index contributed by atoms with van der Waals surface area (Å²) in [5, 5.41) is 5.39. The molecule has 0 bridgehead atoms. The average Bonchev–Trinajstić information content (AvgIpc) is 2.49. The number of carbonyl (C=O) groups excluding carboxylic acids is 2. The second kappa shape index (κ2) is 7.24. The number of nitrogens with one attached hydrogen (secondary N) is 2. The van der Waals surface area contributed by atoms with Crippen LogP contribution in [0.4, 0.5) is 10.1 Å². The smallest absolute Gasteiger partial charge is 0.251 e. The highest BCUT2D eigenvalue weighted by Gasteiger charge is 2.09. The van der Waals surface area contributed by atoms with E-state index in [9.17, 15) is 14.0 Å². The summed E-state index contributed by atoms with van der Waals surface area (Å²) in [6.45, 7) is -0.226. The number of rotatable bonds is 4. The zero-order valence-corrected chi connectivity index (χ0v) is 12.7. The van der Waals surface area contributed by atoms with Crippen LogP contribution in [0.25, 0.3) is 0 Å². The third kappa shape index (κ3) is 4.44. The van der Waals surface area contributed by atoms with Gasteiger partial charge in [-0.25, -0.2) is 4.39 Å². The highest BCUT2D eigenvalue weighted by atomic mass is 35.5. The molecule has 0 atom stereocenters. The largest absolute Gasteiger partial charge is 0.343 e. The molecule has 4 nitrogen and oxygen atoms in total. The number of amides is 2. The van der Waals surface area contributed by atoms with Gasteiger partial charge >= 0.3 is 0 Å². The van der Waals surface area contributed by atoms with Crippen molar-refractivity contribution in [3.8, 4) is 0 Å². The van der Waals surface area contributed by atoms with E-state index in [2.05, 4.69) is 10.6 Å². The van der Waals surface area contributed by atoms with Crippen LogP contribution in [0, 0.1) is 5.82 Å². The Bertz CT molecular complexity index is 705. The van der Waals surface area contributed by atoms with Gasteiger partial charge in [0.1, 0.15) is 5.82 Å². The molecule has 0 saturated carbocycles. The summed E-state index contributed by atoms with van der Waals surface area (Å²) in [6.07, 6.45) is 0. The summed E-state index contributed by atoms with van der Waals surface area (Å²) >= 11 is 11.3. The van der Waals surface area contributed by atoms with Gasteiger partial charge in [-0.3, -0.25) is 9.59 Å². The summed E-state index contributed by atoms with van der Waals surface area (Å²) < 4.78 is 13.0. The minimum Gasteiger partial charge on any atom is -0.343 e. The molecule has 0 aliphatic heterocycles. The monoisotopic (exact) mass is 340 g/mol. The second-order valence-corrected chi connectivity index (χ2v) is 5.21. The highest BCUT2D eigenvalue weighted by Crippen LogP contribution is 2.19. The summed E-state index contributed by atoms with van der Waals surface area (Å²) in [5.41, 5.74) is 0.735. The van der Waals surface area contributed by atoms with Crippen molar-refractivity contribution >= 4 is 40.7 Å². The molecule has 0 saturated heterocycles. The van der Waals surface area contributed by atoms with E-state index in [-0.39, 0.29) is 11.6 Å². The van der Waals surface area contributed by atoms with Gasteiger partial charge in [-0.15, -0.1) is 0 Å². The first-order valence-corrected chi connectivity index (χ1v) is 7.00. The molecule has 0 fully saturated rings. The molecule has 2 N–H and O–H groups in total. The zero-order chi connectivity index (χ0) is 16.1. The fraction of sp³-hybridized carbons (Fsp3) is 0.0667. The predicted octanol–water partition coefficient (Wildman–Crippen LogP) is 3.50. The molecule has 2 aromatic carbocycles. The molecule has 7 heteroatoms. The van der Waals surface area contributed by atoms with Gasteiger partial charge in [-0.2, -0.15) is 0 Å². The first-order chi connectivity index (χ1) is 10.5.